The molecule has 1 aromatic rings. The van der Waals surface area contributed by atoms with Crippen LogP contribution < -0.4 is 10.1 Å². The lowest BCUT2D eigenvalue weighted by Gasteiger charge is -2.24. The van der Waals surface area contributed by atoms with Crippen LogP contribution in [0.1, 0.15) is 51.1 Å². The summed E-state index contributed by atoms with van der Waals surface area (Å²) in [6.45, 7) is 6.94. The van der Waals surface area contributed by atoms with Crippen molar-refractivity contribution in [2.24, 2.45) is 0 Å². The van der Waals surface area contributed by atoms with Gasteiger partial charge in [-0.3, -0.25) is 0 Å². The van der Waals surface area contributed by atoms with E-state index in [1.807, 2.05) is 6.07 Å². The minimum absolute atomic E-state index is 0.260. The Morgan fingerprint density at radius 1 is 1.35 bits per heavy atom. The molecule has 0 aromatic heterocycles. The summed E-state index contributed by atoms with van der Waals surface area (Å²) in [4.78, 5) is 0. The number of hydrogen-bond donors (Lipinski definition) is 1. The summed E-state index contributed by atoms with van der Waals surface area (Å²) >= 11 is 0. The van der Waals surface area contributed by atoms with Crippen molar-refractivity contribution in [1.82, 2.24) is 5.32 Å². The monoisotopic (exact) mass is 277 g/mol. The first-order valence-corrected chi connectivity index (χ1v) is 7.88. The highest BCUT2D eigenvalue weighted by Crippen LogP contribution is 2.25. The second-order valence-electron chi connectivity index (χ2n) is 5.51. The smallest absolute Gasteiger partial charge is 0.124 e. The Morgan fingerprint density at radius 2 is 2.20 bits per heavy atom. The molecule has 0 aliphatic carbocycles. The van der Waals surface area contributed by atoms with Gasteiger partial charge >= 0.3 is 0 Å². The van der Waals surface area contributed by atoms with Crippen LogP contribution >= 0.6 is 0 Å². The van der Waals surface area contributed by atoms with E-state index in [1.165, 1.54) is 18.4 Å². The molecule has 0 spiro atoms. The predicted octanol–water partition coefficient (Wildman–Crippen LogP) is 3.70. The topological polar surface area (TPSA) is 30.5 Å². The minimum atomic E-state index is 0.260. The zero-order valence-corrected chi connectivity index (χ0v) is 12.7. The van der Waals surface area contributed by atoms with Gasteiger partial charge in [-0.05, 0) is 45.2 Å². The Kier molecular flexibility index (Phi) is 6.34. The quantitative estimate of drug-likeness (QED) is 0.824. The van der Waals surface area contributed by atoms with Gasteiger partial charge in [0.1, 0.15) is 12.4 Å². The second-order valence-corrected chi connectivity index (χ2v) is 5.51. The lowest BCUT2D eigenvalue weighted by atomic mass is 10.1. The number of benzene rings is 1. The van der Waals surface area contributed by atoms with Crippen molar-refractivity contribution in [3.05, 3.63) is 29.8 Å². The van der Waals surface area contributed by atoms with Crippen molar-refractivity contribution < 1.29 is 9.47 Å². The van der Waals surface area contributed by atoms with Crippen molar-refractivity contribution in [3.63, 3.8) is 0 Å². The molecule has 0 saturated carbocycles. The van der Waals surface area contributed by atoms with E-state index < -0.39 is 0 Å². The van der Waals surface area contributed by atoms with E-state index in [2.05, 4.69) is 37.4 Å². The van der Waals surface area contributed by atoms with Crippen molar-refractivity contribution >= 4 is 0 Å². The minimum Gasteiger partial charge on any atom is -0.491 e. The third-order valence-electron chi connectivity index (χ3n) is 3.78. The van der Waals surface area contributed by atoms with Gasteiger partial charge in [-0.25, -0.2) is 0 Å². The first kappa shape index (κ1) is 15.3. The Labute approximate surface area is 122 Å². The van der Waals surface area contributed by atoms with E-state index in [9.17, 15) is 0 Å². The SMILES string of the molecule is CCCNC(C)c1ccccc1OCC1CCCCO1. The average Bonchev–Trinajstić information content (AvgIpc) is 2.52. The highest BCUT2D eigenvalue weighted by molar-refractivity contribution is 5.35. The van der Waals surface area contributed by atoms with E-state index in [0.717, 1.165) is 31.7 Å². The van der Waals surface area contributed by atoms with Gasteiger partial charge in [-0.2, -0.15) is 0 Å². The number of para-hydroxylation sites is 1. The molecule has 0 amide bonds. The third-order valence-corrected chi connectivity index (χ3v) is 3.78. The summed E-state index contributed by atoms with van der Waals surface area (Å²) in [6, 6.07) is 8.63. The van der Waals surface area contributed by atoms with Gasteiger partial charge in [0, 0.05) is 18.2 Å². The summed E-state index contributed by atoms with van der Waals surface area (Å²) in [5.41, 5.74) is 1.23. The molecule has 1 fully saturated rings. The molecule has 1 saturated heterocycles. The average molecular weight is 277 g/mol. The van der Waals surface area contributed by atoms with E-state index in [1.54, 1.807) is 0 Å². The van der Waals surface area contributed by atoms with Crippen LogP contribution in [0.4, 0.5) is 0 Å². The number of ether oxygens (including phenoxy) is 2. The second kappa shape index (κ2) is 8.28. The molecule has 2 atom stereocenters. The van der Waals surface area contributed by atoms with E-state index in [0.29, 0.717) is 12.6 Å². The van der Waals surface area contributed by atoms with Gasteiger partial charge in [0.2, 0.25) is 0 Å². The molecule has 1 aliphatic heterocycles. The standard InChI is InChI=1S/C17H27NO2/c1-3-11-18-14(2)16-9-4-5-10-17(16)20-13-15-8-6-7-12-19-15/h4-5,9-10,14-15,18H,3,6-8,11-13H2,1-2H3. The molecule has 1 aromatic carbocycles. The summed E-state index contributed by atoms with van der Waals surface area (Å²) in [6.07, 6.45) is 4.96. The van der Waals surface area contributed by atoms with Crippen LogP contribution in [0.25, 0.3) is 0 Å². The maximum atomic E-state index is 6.01. The van der Waals surface area contributed by atoms with Crippen molar-refractivity contribution in [1.29, 1.82) is 0 Å². The van der Waals surface area contributed by atoms with E-state index in [-0.39, 0.29) is 6.10 Å². The molecule has 1 N–H and O–H groups in total. The van der Waals surface area contributed by atoms with Crippen LogP contribution in [-0.4, -0.2) is 25.9 Å². The van der Waals surface area contributed by atoms with Gasteiger partial charge < -0.3 is 14.8 Å². The van der Waals surface area contributed by atoms with Crippen molar-refractivity contribution in [2.75, 3.05) is 19.8 Å². The fraction of sp³-hybridized carbons (Fsp3) is 0.647. The summed E-state index contributed by atoms with van der Waals surface area (Å²) < 4.78 is 11.7. The largest absolute Gasteiger partial charge is 0.491 e. The summed E-state index contributed by atoms with van der Waals surface area (Å²) in [7, 11) is 0. The number of nitrogens with one attached hydrogen (secondary N) is 1. The Hall–Kier alpha value is -1.06. The highest BCUT2D eigenvalue weighted by atomic mass is 16.5. The maximum Gasteiger partial charge on any atom is 0.124 e. The van der Waals surface area contributed by atoms with E-state index in [4.69, 9.17) is 9.47 Å². The first-order valence-electron chi connectivity index (χ1n) is 7.88. The van der Waals surface area contributed by atoms with Crippen LogP contribution in [-0.2, 0) is 4.74 Å². The van der Waals surface area contributed by atoms with Gasteiger partial charge in [0.15, 0.2) is 0 Å². The Morgan fingerprint density at radius 3 is 2.95 bits per heavy atom. The van der Waals surface area contributed by atoms with Crippen molar-refractivity contribution in [3.8, 4) is 5.75 Å². The first-order chi connectivity index (χ1) is 9.81. The molecule has 2 rings (SSSR count). The van der Waals surface area contributed by atoms with Crippen LogP contribution in [0.2, 0.25) is 0 Å². The fourth-order valence-corrected chi connectivity index (χ4v) is 2.56. The molecule has 1 aliphatic rings. The molecule has 3 heteroatoms. The molecule has 3 nitrogen and oxygen atoms in total. The highest BCUT2D eigenvalue weighted by Gasteiger charge is 2.16. The Bertz CT molecular complexity index is 388. The summed E-state index contributed by atoms with van der Waals surface area (Å²) in [5, 5.41) is 3.52. The lowest BCUT2D eigenvalue weighted by Crippen LogP contribution is -2.26. The van der Waals surface area contributed by atoms with Gasteiger partial charge in [-0.15, -0.1) is 0 Å². The normalized spacial score (nSPS) is 20.6. The maximum absolute atomic E-state index is 6.01. The molecular formula is C17H27NO2. The molecule has 112 valence electrons. The van der Waals surface area contributed by atoms with Crippen molar-refractivity contribution in [2.45, 2.75) is 51.7 Å². The van der Waals surface area contributed by atoms with Gasteiger partial charge in [0.05, 0.1) is 6.10 Å². The van der Waals surface area contributed by atoms with Crippen LogP contribution in [0.5, 0.6) is 5.75 Å². The van der Waals surface area contributed by atoms with E-state index >= 15 is 0 Å². The molecule has 1 heterocycles. The zero-order chi connectivity index (χ0) is 14.2. The van der Waals surface area contributed by atoms with Gasteiger partial charge in [-0.1, -0.05) is 25.1 Å². The number of rotatable bonds is 7. The zero-order valence-electron chi connectivity index (χ0n) is 12.7. The lowest BCUT2D eigenvalue weighted by molar-refractivity contribution is -0.0113. The molecule has 2 unspecified atom stereocenters. The third kappa shape index (κ3) is 4.50. The van der Waals surface area contributed by atoms with Crippen LogP contribution in [0, 0.1) is 0 Å². The predicted molar refractivity (Wildman–Crippen MR) is 82.2 cm³/mol. The molecule has 20 heavy (non-hydrogen) atoms. The summed E-state index contributed by atoms with van der Waals surface area (Å²) in [5.74, 6) is 0.984. The fourth-order valence-electron chi connectivity index (χ4n) is 2.56. The van der Waals surface area contributed by atoms with Gasteiger partial charge in [0.25, 0.3) is 0 Å². The van der Waals surface area contributed by atoms with Crippen LogP contribution in [0.15, 0.2) is 24.3 Å². The molecular weight excluding hydrogens is 250 g/mol. The number of hydrogen-bond acceptors (Lipinski definition) is 3. The molecule has 0 radical (unpaired) electrons. The molecule has 0 bridgehead atoms. The Balaban J connectivity index is 1.92. The van der Waals surface area contributed by atoms with Crippen LogP contribution in [0.3, 0.4) is 0 Å².